The monoisotopic (exact) mass is 665 g/mol. The first kappa shape index (κ1) is 31.6. The van der Waals surface area contributed by atoms with E-state index in [0.29, 0.717) is 33.7 Å². The first-order chi connectivity index (χ1) is 22.5. The van der Waals surface area contributed by atoms with Crippen molar-refractivity contribution in [3.05, 3.63) is 83.8 Å². The Morgan fingerprint density at radius 1 is 1.11 bits per heavy atom. The third-order valence-electron chi connectivity index (χ3n) is 7.47. The van der Waals surface area contributed by atoms with E-state index in [0.717, 1.165) is 11.0 Å². The second-order valence-corrected chi connectivity index (χ2v) is 12.8. The molecular weight excluding hydrogens is 636 g/mol. The van der Waals surface area contributed by atoms with Crippen LogP contribution in [0.25, 0.3) is 22.0 Å². The summed E-state index contributed by atoms with van der Waals surface area (Å²) >= 11 is 0. The van der Waals surface area contributed by atoms with Crippen molar-refractivity contribution >= 4 is 38.5 Å². The third-order valence-corrected chi connectivity index (χ3v) is 8.67. The maximum Gasteiger partial charge on any atom is 0.407 e. The molecule has 16 heteroatoms. The van der Waals surface area contributed by atoms with Crippen molar-refractivity contribution in [1.82, 2.24) is 25.0 Å². The van der Waals surface area contributed by atoms with Crippen LogP contribution < -0.4 is 14.8 Å². The van der Waals surface area contributed by atoms with Crippen molar-refractivity contribution in [3.63, 3.8) is 0 Å². The van der Waals surface area contributed by atoms with Gasteiger partial charge in [-0.15, -0.1) is 0 Å². The molecule has 3 N–H and O–H groups in total. The number of amides is 1. The fraction of sp³-hybridized carbons (Fsp3) is 0.258. The Morgan fingerprint density at radius 3 is 2.68 bits per heavy atom. The quantitative estimate of drug-likeness (QED) is 0.177. The number of sulfonamides is 1. The molecule has 0 aliphatic carbocycles. The lowest BCUT2D eigenvalue weighted by atomic mass is 10.0. The first-order valence-corrected chi connectivity index (χ1v) is 16.1. The fourth-order valence-corrected chi connectivity index (χ4v) is 6.51. The molecule has 1 aliphatic heterocycles. The molecule has 0 bridgehead atoms. The summed E-state index contributed by atoms with van der Waals surface area (Å²) in [7, 11) is -4.08. The van der Waals surface area contributed by atoms with Gasteiger partial charge in [0.05, 0.1) is 23.5 Å². The number of alkyl halides is 1. The van der Waals surface area contributed by atoms with Gasteiger partial charge in [0.2, 0.25) is 21.9 Å². The van der Waals surface area contributed by atoms with Crippen molar-refractivity contribution in [1.29, 1.82) is 0 Å². The number of fused-ring (bicyclic) bond motifs is 1. The molecule has 0 radical (unpaired) electrons. The highest BCUT2D eigenvalue weighted by atomic mass is 32.2. The van der Waals surface area contributed by atoms with Crippen LogP contribution in [0, 0.1) is 19.7 Å². The fourth-order valence-electron chi connectivity index (χ4n) is 5.39. The molecule has 6 rings (SSSR count). The molecule has 1 amide bonds. The molecular formula is C31H29F2N7O6S. The van der Waals surface area contributed by atoms with E-state index in [4.69, 9.17) is 9.26 Å². The second kappa shape index (κ2) is 12.8. The number of nitrogens with one attached hydrogen (secondary N) is 2. The number of ether oxygens (including phenoxy) is 1. The van der Waals surface area contributed by atoms with Crippen LogP contribution in [0.3, 0.4) is 0 Å². The van der Waals surface area contributed by atoms with Gasteiger partial charge in [0.1, 0.15) is 34.9 Å². The number of anilines is 2. The number of aromatic nitrogens is 4. The van der Waals surface area contributed by atoms with Gasteiger partial charge in [0.25, 0.3) is 0 Å². The van der Waals surface area contributed by atoms with Crippen LogP contribution in [0.4, 0.5) is 25.2 Å². The van der Waals surface area contributed by atoms with Gasteiger partial charge < -0.3 is 24.6 Å². The SMILES string of the molecule is Cc1cc(CS(=O)(=O)Nc2c(F)ccc3c(Oc4ncccc4-c4ccnc(N[C@@H]5C[C@@H](F)CN(C(=O)O)C5)n4)c(C)ccc23)no1. The van der Waals surface area contributed by atoms with Gasteiger partial charge in [-0.3, -0.25) is 4.72 Å². The number of hydrogen-bond donors (Lipinski definition) is 3. The lowest BCUT2D eigenvalue weighted by Crippen LogP contribution is -2.49. The van der Waals surface area contributed by atoms with Crippen molar-refractivity contribution < 1.29 is 36.4 Å². The zero-order valence-electron chi connectivity index (χ0n) is 25.1. The number of rotatable bonds is 9. The molecule has 1 aliphatic rings. The summed E-state index contributed by atoms with van der Waals surface area (Å²) in [4.78, 5) is 25.6. The summed E-state index contributed by atoms with van der Waals surface area (Å²) in [5.74, 6) is -0.230. The van der Waals surface area contributed by atoms with Gasteiger partial charge in [-0.1, -0.05) is 17.3 Å². The number of piperidine rings is 1. The Balaban J connectivity index is 1.30. The summed E-state index contributed by atoms with van der Waals surface area (Å²) in [6.07, 6.45) is 0.580. The summed E-state index contributed by atoms with van der Waals surface area (Å²) < 4.78 is 69.0. The summed E-state index contributed by atoms with van der Waals surface area (Å²) in [6, 6.07) is 11.9. The standard InChI is InChI=1S/C31H29F2N7O6S/c1-17-5-6-22-23(7-8-25(33)27(22)39-47(43,44)16-21-12-18(2)46-38-21)28(17)45-29-24(4-3-10-34-29)26-9-11-35-30(37-26)36-20-13-19(32)14-40(15-20)31(41)42/h3-12,19-20,39H,13-16H2,1-2H3,(H,41,42)(H,35,36,37)/t19-,20-/m1/s1. The number of hydrogen-bond acceptors (Lipinski definition) is 10. The molecule has 244 valence electrons. The predicted octanol–water partition coefficient (Wildman–Crippen LogP) is 5.67. The Kier molecular flexibility index (Phi) is 8.60. The molecule has 3 aromatic heterocycles. The normalized spacial score (nSPS) is 16.6. The van der Waals surface area contributed by atoms with Crippen molar-refractivity contribution in [2.24, 2.45) is 0 Å². The Bertz CT molecular complexity index is 2080. The van der Waals surface area contributed by atoms with Crippen LogP contribution in [-0.4, -0.2) is 69.9 Å². The minimum Gasteiger partial charge on any atom is -0.465 e. The third kappa shape index (κ3) is 7.06. The number of nitrogens with zero attached hydrogens (tertiary/aromatic N) is 5. The van der Waals surface area contributed by atoms with E-state index in [1.807, 2.05) is 0 Å². The van der Waals surface area contributed by atoms with Gasteiger partial charge in [0.15, 0.2) is 0 Å². The van der Waals surface area contributed by atoms with Crippen LogP contribution >= 0.6 is 0 Å². The van der Waals surface area contributed by atoms with Crippen LogP contribution in [-0.2, 0) is 15.8 Å². The maximum atomic E-state index is 15.1. The van der Waals surface area contributed by atoms with Gasteiger partial charge in [-0.25, -0.2) is 36.9 Å². The molecule has 4 heterocycles. The average Bonchev–Trinajstić information content (AvgIpc) is 3.43. The lowest BCUT2D eigenvalue weighted by Gasteiger charge is -2.33. The number of carbonyl (C=O) groups is 1. The van der Waals surface area contributed by atoms with E-state index in [9.17, 15) is 22.7 Å². The van der Waals surface area contributed by atoms with E-state index < -0.39 is 39.9 Å². The smallest absolute Gasteiger partial charge is 0.407 e. The first-order valence-electron chi connectivity index (χ1n) is 14.4. The number of benzene rings is 2. The van der Waals surface area contributed by atoms with E-state index in [1.165, 1.54) is 24.5 Å². The molecule has 5 aromatic rings. The zero-order valence-corrected chi connectivity index (χ0v) is 26.0. The number of carboxylic acid groups (broad SMARTS) is 1. The summed E-state index contributed by atoms with van der Waals surface area (Å²) in [6.45, 7) is 3.30. The van der Waals surface area contributed by atoms with Crippen LogP contribution in [0.5, 0.6) is 11.6 Å². The highest BCUT2D eigenvalue weighted by molar-refractivity contribution is 7.91. The zero-order chi connectivity index (χ0) is 33.3. The van der Waals surface area contributed by atoms with Crippen LogP contribution in [0.15, 0.2) is 65.4 Å². The highest BCUT2D eigenvalue weighted by Crippen LogP contribution is 2.40. The van der Waals surface area contributed by atoms with Crippen molar-refractivity contribution in [3.8, 4) is 22.9 Å². The molecule has 47 heavy (non-hydrogen) atoms. The van der Waals surface area contributed by atoms with Gasteiger partial charge in [0, 0.05) is 48.2 Å². The molecule has 0 spiro atoms. The van der Waals surface area contributed by atoms with Crippen molar-refractivity contribution in [2.45, 2.75) is 38.2 Å². The minimum atomic E-state index is -4.08. The molecule has 0 saturated carbocycles. The number of pyridine rings is 1. The summed E-state index contributed by atoms with van der Waals surface area (Å²) in [5.41, 5.74) is 1.47. The number of likely N-dealkylation sites (tertiary alicyclic amines) is 1. The van der Waals surface area contributed by atoms with Crippen molar-refractivity contribution in [2.75, 3.05) is 23.1 Å². The van der Waals surface area contributed by atoms with Crippen LogP contribution in [0.2, 0.25) is 0 Å². The largest absolute Gasteiger partial charge is 0.465 e. The maximum absolute atomic E-state index is 15.1. The summed E-state index contributed by atoms with van der Waals surface area (Å²) in [5, 5.41) is 16.7. The highest BCUT2D eigenvalue weighted by Gasteiger charge is 2.30. The van der Waals surface area contributed by atoms with E-state index in [-0.39, 0.29) is 48.1 Å². The molecule has 1 saturated heterocycles. The van der Waals surface area contributed by atoms with E-state index in [2.05, 4.69) is 30.1 Å². The topological polar surface area (TPSA) is 173 Å². The minimum absolute atomic E-state index is 0.0730. The van der Waals surface area contributed by atoms with Gasteiger partial charge >= 0.3 is 6.09 Å². The molecule has 2 aromatic carbocycles. The number of aryl methyl sites for hydroxylation is 2. The van der Waals surface area contributed by atoms with E-state index in [1.54, 1.807) is 44.2 Å². The van der Waals surface area contributed by atoms with Crippen LogP contribution in [0.1, 0.15) is 23.4 Å². The second-order valence-electron chi connectivity index (χ2n) is 11.1. The van der Waals surface area contributed by atoms with E-state index >= 15 is 4.39 Å². The molecule has 2 atom stereocenters. The Labute approximate surface area is 267 Å². The predicted molar refractivity (Wildman–Crippen MR) is 168 cm³/mol. The molecule has 1 fully saturated rings. The molecule has 13 nitrogen and oxygen atoms in total. The average molecular weight is 666 g/mol. The molecule has 0 unspecified atom stereocenters. The number of halogens is 2. The van der Waals surface area contributed by atoms with Gasteiger partial charge in [-0.05, 0) is 49.7 Å². The lowest BCUT2D eigenvalue weighted by molar-refractivity contribution is 0.102. The Hall–Kier alpha value is -5.38. The Morgan fingerprint density at radius 2 is 1.91 bits per heavy atom. The van der Waals surface area contributed by atoms with Gasteiger partial charge in [-0.2, -0.15) is 0 Å².